The zero-order valence-electron chi connectivity index (χ0n) is 11.4. The lowest BCUT2D eigenvalue weighted by Crippen LogP contribution is -2.14. The number of nitrogens with one attached hydrogen (secondary N) is 1. The van der Waals surface area contributed by atoms with E-state index >= 15 is 0 Å². The molecular formula is C14H15NO5S. The Labute approximate surface area is 122 Å². The highest BCUT2D eigenvalue weighted by Crippen LogP contribution is 2.12. The van der Waals surface area contributed by atoms with Crippen LogP contribution in [0.25, 0.3) is 0 Å². The van der Waals surface area contributed by atoms with Crippen LogP contribution in [0.2, 0.25) is 0 Å². The molecule has 1 heterocycles. The van der Waals surface area contributed by atoms with Gasteiger partial charge >= 0.3 is 5.97 Å². The molecule has 0 saturated carbocycles. The van der Waals surface area contributed by atoms with Crippen LogP contribution in [0.4, 0.5) is 0 Å². The van der Waals surface area contributed by atoms with Crippen molar-refractivity contribution < 1.29 is 22.7 Å². The van der Waals surface area contributed by atoms with Gasteiger partial charge in [-0.25, -0.2) is 13.2 Å². The molecule has 112 valence electrons. The third kappa shape index (κ3) is 3.93. The number of carboxylic acids is 1. The molecule has 21 heavy (non-hydrogen) atoms. The van der Waals surface area contributed by atoms with Crippen LogP contribution in [0.3, 0.4) is 0 Å². The molecular weight excluding hydrogens is 294 g/mol. The predicted molar refractivity (Wildman–Crippen MR) is 75.8 cm³/mol. The Balaban J connectivity index is 1.95. The van der Waals surface area contributed by atoms with E-state index in [1.165, 1.54) is 12.3 Å². The van der Waals surface area contributed by atoms with Crippen molar-refractivity contribution in [3.05, 3.63) is 53.5 Å². The maximum Gasteiger partial charge on any atom is 0.339 e. The largest absolute Gasteiger partial charge is 0.478 e. The molecule has 6 nitrogen and oxygen atoms in total. The Hall–Kier alpha value is -2.12. The van der Waals surface area contributed by atoms with Crippen molar-refractivity contribution in [1.29, 1.82) is 0 Å². The number of hydrogen-bond acceptors (Lipinski definition) is 5. The zero-order valence-corrected chi connectivity index (χ0v) is 12.2. The van der Waals surface area contributed by atoms with Crippen molar-refractivity contribution in [3.63, 3.8) is 0 Å². The number of aromatic carboxylic acids is 1. The van der Waals surface area contributed by atoms with Crippen LogP contribution < -0.4 is 5.32 Å². The smallest absolute Gasteiger partial charge is 0.339 e. The fourth-order valence-corrected chi connectivity index (χ4v) is 2.47. The SMILES string of the molecule is CS(=O)(=O)c1ccc(CNCc2occc2C(=O)O)cc1. The summed E-state index contributed by atoms with van der Waals surface area (Å²) < 4.78 is 27.8. The quantitative estimate of drug-likeness (QED) is 0.842. The van der Waals surface area contributed by atoms with Crippen LogP contribution in [-0.4, -0.2) is 25.7 Å². The Morgan fingerprint density at radius 3 is 2.43 bits per heavy atom. The Morgan fingerprint density at radius 1 is 1.19 bits per heavy atom. The lowest BCUT2D eigenvalue weighted by Gasteiger charge is -2.05. The molecule has 0 saturated heterocycles. The molecule has 0 fully saturated rings. The molecule has 2 aromatic rings. The van der Waals surface area contributed by atoms with E-state index in [1.807, 2.05) is 0 Å². The van der Waals surface area contributed by atoms with Gasteiger partial charge in [0.1, 0.15) is 11.3 Å². The maximum absolute atomic E-state index is 11.3. The number of hydrogen-bond donors (Lipinski definition) is 2. The van der Waals surface area contributed by atoms with E-state index < -0.39 is 15.8 Å². The van der Waals surface area contributed by atoms with E-state index in [0.717, 1.165) is 11.8 Å². The van der Waals surface area contributed by atoms with Crippen LogP contribution >= 0.6 is 0 Å². The highest BCUT2D eigenvalue weighted by atomic mass is 32.2. The second-order valence-electron chi connectivity index (χ2n) is 4.58. The van der Waals surface area contributed by atoms with Gasteiger partial charge in [0, 0.05) is 12.8 Å². The molecule has 0 aliphatic heterocycles. The van der Waals surface area contributed by atoms with Crippen molar-refractivity contribution in [2.45, 2.75) is 18.0 Å². The lowest BCUT2D eigenvalue weighted by atomic mass is 10.2. The van der Waals surface area contributed by atoms with E-state index in [4.69, 9.17) is 9.52 Å². The van der Waals surface area contributed by atoms with Crippen molar-refractivity contribution in [2.24, 2.45) is 0 Å². The first-order valence-electron chi connectivity index (χ1n) is 6.17. The summed E-state index contributed by atoms with van der Waals surface area (Å²) in [6.45, 7) is 0.756. The summed E-state index contributed by atoms with van der Waals surface area (Å²) in [5.74, 6) is -0.673. The number of sulfone groups is 1. The Bertz CT molecular complexity index is 731. The van der Waals surface area contributed by atoms with E-state index in [1.54, 1.807) is 24.3 Å². The highest BCUT2D eigenvalue weighted by molar-refractivity contribution is 7.90. The number of furan rings is 1. The number of carboxylic acid groups (broad SMARTS) is 1. The molecule has 0 atom stereocenters. The number of benzene rings is 1. The van der Waals surface area contributed by atoms with Crippen LogP contribution in [0.5, 0.6) is 0 Å². The molecule has 0 aliphatic carbocycles. The number of carbonyl (C=O) groups is 1. The van der Waals surface area contributed by atoms with Crippen molar-refractivity contribution in [1.82, 2.24) is 5.32 Å². The molecule has 0 unspecified atom stereocenters. The van der Waals surface area contributed by atoms with Gasteiger partial charge in [0.25, 0.3) is 0 Å². The summed E-state index contributed by atoms with van der Waals surface area (Å²) in [6.07, 6.45) is 2.49. The summed E-state index contributed by atoms with van der Waals surface area (Å²) in [6, 6.07) is 7.91. The lowest BCUT2D eigenvalue weighted by molar-refractivity contribution is 0.0694. The van der Waals surface area contributed by atoms with Gasteiger partial charge in [0.15, 0.2) is 9.84 Å². The topological polar surface area (TPSA) is 96.6 Å². The second kappa shape index (κ2) is 6.11. The normalized spacial score (nSPS) is 11.5. The van der Waals surface area contributed by atoms with Crippen molar-refractivity contribution >= 4 is 15.8 Å². The van der Waals surface area contributed by atoms with Crippen LogP contribution in [0.1, 0.15) is 21.7 Å². The Kier molecular flexibility index (Phi) is 4.44. The molecule has 0 amide bonds. The van der Waals surface area contributed by atoms with Gasteiger partial charge in [0.05, 0.1) is 17.7 Å². The summed E-state index contributed by atoms with van der Waals surface area (Å²) in [4.78, 5) is 11.2. The minimum Gasteiger partial charge on any atom is -0.478 e. The van der Waals surface area contributed by atoms with Gasteiger partial charge in [-0.2, -0.15) is 0 Å². The molecule has 2 N–H and O–H groups in total. The third-order valence-electron chi connectivity index (χ3n) is 2.94. The first kappa shape index (κ1) is 15.3. The molecule has 0 bridgehead atoms. The standard InChI is InChI=1S/C14H15NO5S/c1-21(18,19)11-4-2-10(3-5-11)8-15-9-13-12(14(16)17)6-7-20-13/h2-7,15H,8-9H2,1H3,(H,16,17). The number of rotatable bonds is 6. The highest BCUT2D eigenvalue weighted by Gasteiger charge is 2.12. The predicted octanol–water partition coefficient (Wildman–Crippen LogP) is 1.67. The van der Waals surface area contributed by atoms with Crippen molar-refractivity contribution in [2.75, 3.05) is 6.26 Å². The van der Waals surface area contributed by atoms with Gasteiger partial charge in [-0.3, -0.25) is 0 Å². The summed E-state index contributed by atoms with van der Waals surface area (Å²) in [5, 5.41) is 12.0. The molecule has 1 aromatic carbocycles. The van der Waals surface area contributed by atoms with Gasteiger partial charge in [0.2, 0.25) is 0 Å². The average molecular weight is 309 g/mol. The van der Waals surface area contributed by atoms with E-state index in [2.05, 4.69) is 5.32 Å². The minimum atomic E-state index is -3.19. The van der Waals surface area contributed by atoms with Crippen LogP contribution in [0.15, 0.2) is 45.9 Å². The summed E-state index contributed by atoms with van der Waals surface area (Å²) in [5.41, 5.74) is 1.03. The Morgan fingerprint density at radius 2 is 1.86 bits per heavy atom. The van der Waals surface area contributed by atoms with Gasteiger partial charge < -0.3 is 14.8 Å². The fraction of sp³-hybridized carbons (Fsp3) is 0.214. The summed E-state index contributed by atoms with van der Waals surface area (Å²) in [7, 11) is -3.19. The van der Waals surface area contributed by atoms with E-state index in [9.17, 15) is 13.2 Å². The minimum absolute atomic E-state index is 0.134. The maximum atomic E-state index is 11.3. The molecule has 0 aliphatic rings. The molecule has 2 rings (SSSR count). The van der Waals surface area contributed by atoms with Gasteiger partial charge in [-0.1, -0.05) is 12.1 Å². The molecule has 7 heteroatoms. The van der Waals surface area contributed by atoms with E-state index in [-0.39, 0.29) is 17.0 Å². The summed E-state index contributed by atoms with van der Waals surface area (Å²) >= 11 is 0. The third-order valence-corrected chi connectivity index (χ3v) is 4.07. The molecule has 0 spiro atoms. The molecule has 0 radical (unpaired) electrons. The van der Waals surface area contributed by atoms with Crippen LogP contribution in [0, 0.1) is 0 Å². The monoisotopic (exact) mass is 309 g/mol. The zero-order chi connectivity index (χ0) is 15.5. The fourth-order valence-electron chi connectivity index (χ4n) is 1.84. The van der Waals surface area contributed by atoms with Gasteiger partial charge in [-0.05, 0) is 23.8 Å². The van der Waals surface area contributed by atoms with E-state index in [0.29, 0.717) is 12.3 Å². The van der Waals surface area contributed by atoms with Crippen molar-refractivity contribution in [3.8, 4) is 0 Å². The second-order valence-corrected chi connectivity index (χ2v) is 6.60. The molecule has 1 aromatic heterocycles. The van der Waals surface area contributed by atoms with Gasteiger partial charge in [-0.15, -0.1) is 0 Å². The first-order chi connectivity index (χ1) is 9.88. The van der Waals surface area contributed by atoms with Crippen LogP contribution in [-0.2, 0) is 22.9 Å². The average Bonchev–Trinajstić information content (AvgIpc) is 2.87. The first-order valence-corrected chi connectivity index (χ1v) is 8.06.